The highest BCUT2D eigenvalue weighted by atomic mass is 35.5. The van der Waals surface area contributed by atoms with E-state index in [-0.39, 0.29) is 85.0 Å². The van der Waals surface area contributed by atoms with Gasteiger partial charge in [0.15, 0.2) is 5.82 Å². The maximum absolute atomic E-state index is 17.3. The van der Waals surface area contributed by atoms with Gasteiger partial charge in [0.25, 0.3) is 0 Å². The predicted molar refractivity (Wildman–Crippen MR) is 197 cm³/mol. The summed E-state index contributed by atoms with van der Waals surface area (Å²) in [5.74, 6) is -0.128. The molecule has 6 aliphatic rings. The summed E-state index contributed by atoms with van der Waals surface area (Å²) in [5, 5.41) is 14.1. The molecule has 0 radical (unpaired) electrons. The van der Waals surface area contributed by atoms with E-state index in [0.717, 1.165) is 50.0 Å². The third-order valence-electron chi connectivity index (χ3n) is 12.7. The number of nitriles is 1. The first-order valence-electron chi connectivity index (χ1n) is 18.6. The average Bonchev–Trinajstić information content (AvgIpc) is 3.99. The Kier molecular flexibility index (Phi) is 7.82. The number of carbonyl (C=O) groups is 1. The molecule has 15 heteroatoms. The number of piperidine rings is 1. The molecule has 53 heavy (non-hydrogen) atoms. The summed E-state index contributed by atoms with van der Waals surface area (Å²) in [6.07, 6.45) is 5.85. The highest BCUT2D eigenvalue weighted by Gasteiger charge is 2.54. The summed E-state index contributed by atoms with van der Waals surface area (Å²) in [5.41, 5.74) is 5.83. The standard InChI is InChI=1S/C38H38ClF3N8O2S/c39-23-13-21-31(29(42)28(23)20-6-7-24(41)33-27(20)22(15-43)34(44)53-33)46-37(52-17-38-9-2-10-48(38)16-19(40)14-38)47-35(21)49-12-8-26-25(49)3-1-11-50(26)36(51)32-30(45-32)18-4-5-18/h6-7,13,18-19,25-26,30,32,45H,1-5,8-12,14,16-17,44H2/t19-,25?,26?,30+,32-,38+/m1/s1. The van der Waals surface area contributed by atoms with E-state index < -0.39 is 23.3 Å². The van der Waals surface area contributed by atoms with Crippen LogP contribution in [0.4, 0.5) is 24.0 Å². The quantitative estimate of drug-likeness (QED) is 0.212. The number of anilines is 2. The highest BCUT2D eigenvalue weighted by molar-refractivity contribution is 7.23. The fraction of sp³-hybridized carbons (Fsp3) is 0.526. The molecule has 6 atom stereocenters. The van der Waals surface area contributed by atoms with Crippen LogP contribution in [0.2, 0.25) is 5.02 Å². The maximum atomic E-state index is 17.3. The smallest absolute Gasteiger partial charge is 0.319 e. The zero-order valence-electron chi connectivity index (χ0n) is 28.9. The van der Waals surface area contributed by atoms with Crippen molar-refractivity contribution in [2.75, 3.05) is 43.4 Å². The van der Waals surface area contributed by atoms with Gasteiger partial charge < -0.3 is 20.3 Å². The SMILES string of the molecule is N#Cc1c(N)sc2c(F)ccc(-c3c(Cl)cc4c(N5CCC6C5CCCN6C(=O)[C@@H]5N[C@H]5C5CC5)nc(OC[C@@]56CCCN5C[C@H](F)C6)nc4c3F)c12. The van der Waals surface area contributed by atoms with Crippen LogP contribution in [0.3, 0.4) is 0 Å². The Labute approximate surface area is 313 Å². The monoisotopic (exact) mass is 762 g/mol. The predicted octanol–water partition coefficient (Wildman–Crippen LogP) is 6.17. The van der Waals surface area contributed by atoms with Crippen LogP contribution in [0.1, 0.15) is 56.9 Å². The number of nitrogens with zero attached hydrogens (tertiary/aromatic N) is 6. The van der Waals surface area contributed by atoms with Crippen LogP contribution >= 0.6 is 22.9 Å². The van der Waals surface area contributed by atoms with Gasteiger partial charge in [0.05, 0.1) is 32.9 Å². The number of fused-ring (bicyclic) bond motifs is 4. The van der Waals surface area contributed by atoms with Crippen molar-refractivity contribution in [2.45, 2.75) is 87.2 Å². The molecule has 1 amide bonds. The van der Waals surface area contributed by atoms with Crippen LogP contribution in [-0.4, -0.2) is 94.3 Å². The van der Waals surface area contributed by atoms with Crippen molar-refractivity contribution < 1.29 is 22.7 Å². The van der Waals surface area contributed by atoms with Crippen LogP contribution in [-0.2, 0) is 4.79 Å². The molecule has 3 N–H and O–H groups in total. The summed E-state index contributed by atoms with van der Waals surface area (Å²) in [6.45, 7) is 2.58. The van der Waals surface area contributed by atoms with Gasteiger partial charge in [-0.05, 0) is 75.1 Å². The lowest BCUT2D eigenvalue weighted by Crippen LogP contribution is -2.53. The number of carbonyl (C=O) groups excluding carboxylic acids is 1. The number of halogens is 4. The number of nitrogen functional groups attached to an aromatic ring is 1. The fourth-order valence-corrected chi connectivity index (χ4v) is 11.2. The van der Waals surface area contributed by atoms with Gasteiger partial charge in [0, 0.05) is 48.4 Å². The largest absolute Gasteiger partial charge is 0.461 e. The van der Waals surface area contributed by atoms with Crippen LogP contribution in [0, 0.1) is 28.9 Å². The van der Waals surface area contributed by atoms with Gasteiger partial charge in [-0.1, -0.05) is 17.7 Å². The molecule has 276 valence electrons. The Morgan fingerprint density at radius 2 is 2.00 bits per heavy atom. The van der Waals surface area contributed by atoms with Crippen LogP contribution in [0.5, 0.6) is 6.01 Å². The number of thiophene rings is 1. The van der Waals surface area contributed by atoms with E-state index in [1.807, 2.05) is 11.0 Å². The number of hydrogen-bond acceptors (Lipinski definition) is 10. The normalized spacial score (nSPS) is 29.5. The molecule has 1 saturated carbocycles. The fourth-order valence-electron chi connectivity index (χ4n) is 9.99. The number of nitrogens with one attached hydrogen (secondary N) is 1. The third-order valence-corrected chi connectivity index (χ3v) is 14.0. The first kappa shape index (κ1) is 33.7. The van der Waals surface area contributed by atoms with E-state index in [4.69, 9.17) is 27.1 Å². The molecule has 1 aliphatic carbocycles. The topological polar surface area (TPSA) is 134 Å². The van der Waals surface area contributed by atoms with E-state index in [1.165, 1.54) is 25.0 Å². The second-order valence-corrected chi connectivity index (χ2v) is 17.1. The molecule has 5 aliphatic heterocycles. The Hall–Kier alpha value is -3.90. The number of likely N-dealkylation sites (tertiary alicyclic amines) is 1. The first-order chi connectivity index (χ1) is 25.7. The van der Waals surface area contributed by atoms with Gasteiger partial charge in [0.1, 0.15) is 47.0 Å². The molecule has 6 fully saturated rings. The van der Waals surface area contributed by atoms with Crippen LogP contribution in [0.15, 0.2) is 18.2 Å². The molecule has 0 bridgehead atoms. The van der Waals surface area contributed by atoms with E-state index in [0.29, 0.717) is 43.2 Å². The number of alkyl halides is 1. The summed E-state index contributed by atoms with van der Waals surface area (Å²) in [4.78, 5) is 29.7. The van der Waals surface area contributed by atoms with Crippen molar-refractivity contribution in [3.8, 4) is 23.2 Å². The number of ether oxygens (including phenoxy) is 1. The van der Waals surface area contributed by atoms with Crippen molar-refractivity contribution in [3.05, 3.63) is 40.4 Å². The average molecular weight is 763 g/mol. The number of hydrogen-bond donors (Lipinski definition) is 2. The zero-order valence-corrected chi connectivity index (χ0v) is 30.5. The van der Waals surface area contributed by atoms with Crippen molar-refractivity contribution in [1.29, 1.82) is 5.26 Å². The highest BCUT2D eigenvalue weighted by Crippen LogP contribution is 2.48. The number of rotatable bonds is 7. The number of amides is 1. The third kappa shape index (κ3) is 5.28. The number of nitrogens with two attached hydrogens (primary N) is 1. The molecule has 0 spiro atoms. The minimum Gasteiger partial charge on any atom is -0.461 e. The zero-order chi connectivity index (χ0) is 36.3. The van der Waals surface area contributed by atoms with Crippen molar-refractivity contribution in [1.82, 2.24) is 25.1 Å². The number of aromatic nitrogens is 2. The second-order valence-electron chi connectivity index (χ2n) is 15.7. The lowest BCUT2D eigenvalue weighted by molar-refractivity contribution is -0.134. The number of benzene rings is 2. The van der Waals surface area contributed by atoms with Gasteiger partial charge in [-0.25, -0.2) is 13.2 Å². The van der Waals surface area contributed by atoms with Gasteiger partial charge in [0.2, 0.25) is 5.91 Å². The van der Waals surface area contributed by atoms with Crippen LogP contribution in [0.25, 0.3) is 32.1 Å². The Bertz CT molecular complexity index is 2250. The maximum Gasteiger partial charge on any atom is 0.319 e. The van der Waals surface area contributed by atoms with Crippen LogP contribution < -0.4 is 20.7 Å². The van der Waals surface area contributed by atoms with Crippen molar-refractivity contribution >= 4 is 60.7 Å². The Morgan fingerprint density at radius 3 is 2.81 bits per heavy atom. The first-order valence-corrected chi connectivity index (χ1v) is 19.8. The molecule has 10 nitrogen and oxygen atoms in total. The van der Waals surface area contributed by atoms with E-state index in [1.54, 1.807) is 6.07 Å². The van der Waals surface area contributed by atoms with Gasteiger partial charge in [-0.2, -0.15) is 15.2 Å². The molecule has 2 aromatic carbocycles. The van der Waals surface area contributed by atoms with Crippen molar-refractivity contribution in [3.63, 3.8) is 0 Å². The molecule has 2 unspecified atom stereocenters. The van der Waals surface area contributed by atoms with E-state index >= 15 is 8.78 Å². The Morgan fingerprint density at radius 1 is 1.15 bits per heavy atom. The second kappa shape index (κ2) is 12.3. The minimum atomic E-state index is -0.949. The molecule has 2 aromatic heterocycles. The lowest BCUT2D eigenvalue weighted by Gasteiger charge is -2.40. The van der Waals surface area contributed by atoms with Gasteiger partial charge >= 0.3 is 6.01 Å². The molecule has 5 saturated heterocycles. The summed E-state index contributed by atoms with van der Waals surface area (Å²) in [7, 11) is 0. The van der Waals surface area contributed by atoms with Crippen molar-refractivity contribution in [2.24, 2.45) is 5.92 Å². The minimum absolute atomic E-state index is 0.0284. The summed E-state index contributed by atoms with van der Waals surface area (Å²) < 4.78 is 53.4. The van der Waals surface area contributed by atoms with E-state index in [9.17, 15) is 14.4 Å². The lowest BCUT2D eigenvalue weighted by atomic mass is 9.95. The van der Waals surface area contributed by atoms with E-state index in [2.05, 4.69) is 20.1 Å². The molecular formula is C38H38ClF3N8O2S. The Balaban J connectivity index is 1.08. The summed E-state index contributed by atoms with van der Waals surface area (Å²) in [6, 6.07) is 6.33. The molecule has 10 rings (SSSR count). The molecule has 4 aromatic rings. The van der Waals surface area contributed by atoms with Gasteiger partial charge in [-0.15, -0.1) is 11.3 Å². The molecule has 7 heterocycles. The molecular weight excluding hydrogens is 725 g/mol. The van der Waals surface area contributed by atoms with Gasteiger partial charge in [-0.3, -0.25) is 15.0 Å². The summed E-state index contributed by atoms with van der Waals surface area (Å²) >= 11 is 7.89.